The van der Waals surface area contributed by atoms with E-state index in [2.05, 4.69) is 5.32 Å². The van der Waals surface area contributed by atoms with Gasteiger partial charge in [0.1, 0.15) is 5.82 Å². The molecule has 0 saturated heterocycles. The lowest BCUT2D eigenvalue weighted by Gasteiger charge is -2.29. The third-order valence-corrected chi connectivity index (χ3v) is 2.88. The minimum absolute atomic E-state index is 0.0800. The minimum Gasteiger partial charge on any atom is -0.481 e. The largest absolute Gasteiger partial charge is 0.481 e. The average Bonchev–Trinajstić information content (AvgIpc) is 2.21. The predicted molar refractivity (Wildman–Crippen MR) is 64.4 cm³/mol. The van der Waals surface area contributed by atoms with Crippen LogP contribution >= 0.6 is 0 Å². The van der Waals surface area contributed by atoms with E-state index in [0.717, 1.165) is 0 Å². The van der Waals surface area contributed by atoms with Crippen LogP contribution in [0.3, 0.4) is 0 Å². The van der Waals surface area contributed by atoms with Gasteiger partial charge in [-0.3, -0.25) is 4.79 Å². The lowest BCUT2D eigenvalue weighted by molar-refractivity contribution is -0.138. The van der Waals surface area contributed by atoms with Crippen molar-refractivity contribution in [2.24, 2.45) is 0 Å². The molecule has 3 nitrogen and oxygen atoms in total. The van der Waals surface area contributed by atoms with Crippen molar-refractivity contribution in [1.82, 2.24) is 5.32 Å². The normalized spacial score (nSPS) is 14.4. The van der Waals surface area contributed by atoms with Gasteiger partial charge in [-0.2, -0.15) is 0 Å². The number of benzene rings is 1. The summed E-state index contributed by atoms with van der Waals surface area (Å²) in [5.74, 6) is -1.22. The molecule has 1 unspecified atom stereocenters. The molecular formula is C13H18FNO2. The van der Waals surface area contributed by atoms with Gasteiger partial charge in [0, 0.05) is 0 Å². The summed E-state index contributed by atoms with van der Waals surface area (Å²) in [6.07, 6.45) is -0.0800. The Balaban J connectivity index is 3.12. The third kappa shape index (κ3) is 3.27. The van der Waals surface area contributed by atoms with Crippen molar-refractivity contribution in [1.29, 1.82) is 0 Å². The molecule has 0 aliphatic heterocycles. The second kappa shape index (κ2) is 5.27. The van der Waals surface area contributed by atoms with Crippen molar-refractivity contribution >= 4 is 5.97 Å². The standard InChI is InChI=1S/C13H18FNO2/c1-4-15-13(3,8-12(16)17)10-6-5-9(2)11(14)7-10/h5-7,15H,4,8H2,1-3H3,(H,16,17). The summed E-state index contributed by atoms with van der Waals surface area (Å²) in [5, 5.41) is 12.0. The second-order valence-electron chi connectivity index (χ2n) is 4.40. The van der Waals surface area contributed by atoms with E-state index in [1.54, 1.807) is 26.0 Å². The van der Waals surface area contributed by atoms with E-state index in [1.807, 2.05) is 6.92 Å². The van der Waals surface area contributed by atoms with Crippen LogP contribution in [0.5, 0.6) is 0 Å². The van der Waals surface area contributed by atoms with Crippen molar-refractivity contribution in [3.63, 3.8) is 0 Å². The Bertz CT molecular complexity index is 420. The van der Waals surface area contributed by atoms with Crippen molar-refractivity contribution in [2.45, 2.75) is 32.7 Å². The number of nitrogens with one attached hydrogen (secondary N) is 1. The van der Waals surface area contributed by atoms with Gasteiger partial charge in [-0.1, -0.05) is 19.1 Å². The number of carbonyl (C=O) groups is 1. The number of aliphatic carboxylic acids is 1. The van der Waals surface area contributed by atoms with Crippen LogP contribution in [0.4, 0.5) is 4.39 Å². The molecule has 4 heteroatoms. The van der Waals surface area contributed by atoms with Gasteiger partial charge in [-0.15, -0.1) is 0 Å². The zero-order valence-electron chi connectivity index (χ0n) is 10.4. The maximum Gasteiger partial charge on any atom is 0.305 e. The molecule has 0 bridgehead atoms. The molecule has 1 aromatic carbocycles. The molecule has 0 heterocycles. The van der Waals surface area contributed by atoms with E-state index in [9.17, 15) is 9.18 Å². The van der Waals surface area contributed by atoms with Crippen LogP contribution in [0, 0.1) is 12.7 Å². The highest BCUT2D eigenvalue weighted by molar-refractivity contribution is 5.68. The summed E-state index contributed by atoms with van der Waals surface area (Å²) < 4.78 is 13.5. The first kappa shape index (κ1) is 13.6. The number of aryl methyl sites for hydroxylation is 1. The van der Waals surface area contributed by atoms with Crippen molar-refractivity contribution < 1.29 is 14.3 Å². The predicted octanol–water partition coefficient (Wildman–Crippen LogP) is 2.43. The Morgan fingerprint density at radius 3 is 2.65 bits per heavy atom. The number of rotatable bonds is 5. The SMILES string of the molecule is CCNC(C)(CC(=O)O)c1ccc(C)c(F)c1. The molecule has 17 heavy (non-hydrogen) atoms. The van der Waals surface area contributed by atoms with Gasteiger partial charge in [-0.25, -0.2) is 4.39 Å². The summed E-state index contributed by atoms with van der Waals surface area (Å²) in [6.45, 7) is 5.97. The van der Waals surface area contributed by atoms with Crippen molar-refractivity contribution in [2.75, 3.05) is 6.54 Å². The van der Waals surface area contributed by atoms with E-state index in [1.165, 1.54) is 6.07 Å². The topological polar surface area (TPSA) is 49.3 Å². The molecule has 2 N–H and O–H groups in total. The molecule has 1 atom stereocenters. The summed E-state index contributed by atoms with van der Waals surface area (Å²) in [4.78, 5) is 10.9. The van der Waals surface area contributed by atoms with Crippen LogP contribution < -0.4 is 5.32 Å². The lowest BCUT2D eigenvalue weighted by Crippen LogP contribution is -2.41. The van der Waals surface area contributed by atoms with E-state index < -0.39 is 11.5 Å². The third-order valence-electron chi connectivity index (χ3n) is 2.88. The van der Waals surface area contributed by atoms with Gasteiger partial charge in [0.25, 0.3) is 0 Å². The maximum absolute atomic E-state index is 13.5. The number of hydrogen-bond donors (Lipinski definition) is 2. The van der Waals surface area contributed by atoms with Gasteiger partial charge in [0.15, 0.2) is 0 Å². The second-order valence-corrected chi connectivity index (χ2v) is 4.40. The van der Waals surface area contributed by atoms with Gasteiger partial charge in [0.2, 0.25) is 0 Å². The number of halogens is 1. The van der Waals surface area contributed by atoms with E-state index >= 15 is 0 Å². The zero-order chi connectivity index (χ0) is 13.1. The van der Waals surface area contributed by atoms with Crippen LogP contribution in [0.15, 0.2) is 18.2 Å². The fraction of sp³-hybridized carbons (Fsp3) is 0.462. The fourth-order valence-electron chi connectivity index (χ4n) is 1.90. The monoisotopic (exact) mass is 239 g/mol. The van der Waals surface area contributed by atoms with Crippen molar-refractivity contribution in [3.8, 4) is 0 Å². The molecule has 0 spiro atoms. The van der Waals surface area contributed by atoms with Crippen LogP contribution in [0.25, 0.3) is 0 Å². The van der Waals surface area contributed by atoms with Crippen LogP contribution in [-0.4, -0.2) is 17.6 Å². The van der Waals surface area contributed by atoms with E-state index in [4.69, 9.17) is 5.11 Å². The molecule has 1 aromatic rings. The van der Waals surface area contributed by atoms with Gasteiger partial charge >= 0.3 is 5.97 Å². The first-order valence-corrected chi connectivity index (χ1v) is 5.62. The van der Waals surface area contributed by atoms with Crippen LogP contribution in [0.2, 0.25) is 0 Å². The Morgan fingerprint density at radius 2 is 2.18 bits per heavy atom. The van der Waals surface area contributed by atoms with Crippen LogP contribution in [-0.2, 0) is 10.3 Å². The highest BCUT2D eigenvalue weighted by Gasteiger charge is 2.29. The molecule has 94 valence electrons. The van der Waals surface area contributed by atoms with Gasteiger partial charge < -0.3 is 10.4 Å². The number of carboxylic acids is 1. The smallest absolute Gasteiger partial charge is 0.305 e. The first-order chi connectivity index (χ1) is 7.89. The van der Waals surface area contributed by atoms with E-state index in [-0.39, 0.29) is 12.2 Å². The average molecular weight is 239 g/mol. The Labute approximate surface area is 101 Å². The minimum atomic E-state index is -0.908. The Hall–Kier alpha value is -1.42. The number of carboxylic acid groups (broad SMARTS) is 1. The molecule has 0 amide bonds. The first-order valence-electron chi connectivity index (χ1n) is 5.62. The summed E-state index contributed by atoms with van der Waals surface area (Å²) in [6, 6.07) is 4.84. The molecule has 0 aromatic heterocycles. The molecule has 0 aliphatic rings. The molecular weight excluding hydrogens is 221 g/mol. The number of hydrogen-bond acceptors (Lipinski definition) is 2. The summed E-state index contributed by atoms with van der Waals surface area (Å²) in [7, 11) is 0. The zero-order valence-corrected chi connectivity index (χ0v) is 10.4. The summed E-state index contributed by atoms with van der Waals surface area (Å²) in [5.41, 5.74) is 0.475. The quantitative estimate of drug-likeness (QED) is 0.829. The lowest BCUT2D eigenvalue weighted by atomic mass is 9.88. The highest BCUT2D eigenvalue weighted by atomic mass is 19.1. The van der Waals surface area contributed by atoms with E-state index in [0.29, 0.717) is 17.7 Å². The highest BCUT2D eigenvalue weighted by Crippen LogP contribution is 2.26. The van der Waals surface area contributed by atoms with Crippen molar-refractivity contribution in [3.05, 3.63) is 35.1 Å². The van der Waals surface area contributed by atoms with Gasteiger partial charge in [-0.05, 0) is 37.6 Å². The van der Waals surface area contributed by atoms with Crippen LogP contribution in [0.1, 0.15) is 31.4 Å². The molecule has 0 radical (unpaired) electrons. The molecule has 0 fully saturated rings. The fourth-order valence-corrected chi connectivity index (χ4v) is 1.90. The maximum atomic E-state index is 13.5. The Morgan fingerprint density at radius 1 is 1.53 bits per heavy atom. The molecule has 0 aliphatic carbocycles. The van der Waals surface area contributed by atoms with Gasteiger partial charge in [0.05, 0.1) is 12.0 Å². The molecule has 1 rings (SSSR count). The summed E-state index contributed by atoms with van der Waals surface area (Å²) >= 11 is 0. The Kier molecular flexibility index (Phi) is 4.23. The molecule has 0 saturated carbocycles.